The molecule has 6 heteroatoms. The van der Waals surface area contributed by atoms with Gasteiger partial charge >= 0.3 is 0 Å². The molecule has 2 aliphatic rings. The third-order valence-corrected chi connectivity index (χ3v) is 5.30. The number of anilines is 2. The Balaban J connectivity index is 1.56. The van der Waals surface area contributed by atoms with Crippen LogP contribution in [0.2, 0.25) is 0 Å². The maximum absolute atomic E-state index is 13.6. The Morgan fingerprint density at radius 2 is 1.93 bits per heavy atom. The topological polar surface area (TPSA) is 41.0 Å². The van der Waals surface area contributed by atoms with E-state index in [0.29, 0.717) is 6.54 Å². The van der Waals surface area contributed by atoms with Crippen LogP contribution in [0.3, 0.4) is 0 Å². The number of hydrogen-bond donors (Lipinski definition) is 0. The van der Waals surface area contributed by atoms with Gasteiger partial charge in [0.25, 0.3) is 0 Å². The molecule has 0 radical (unpaired) electrons. The number of pyridine rings is 1. The first-order chi connectivity index (χ1) is 13.7. The smallest absolute Gasteiger partial charge is 0.154 e. The standard InChI is InChI=1S/C22H27FN4O/c1-2-18-14-21(26-9-11-28-12-10-26)15-22(24-18)25-19-6-4-8-27(16-19)20-7-3-5-17(23)13-20/h3,5,7,13-15H,2,4,6,8-12,16H2,1H3/b25-19+. The van der Waals surface area contributed by atoms with Crippen LogP contribution in [0.4, 0.5) is 21.6 Å². The second-order valence-corrected chi connectivity index (χ2v) is 7.31. The average molecular weight is 382 g/mol. The summed E-state index contributed by atoms with van der Waals surface area (Å²) in [6.07, 6.45) is 2.85. The minimum Gasteiger partial charge on any atom is -0.378 e. The Kier molecular flexibility index (Phi) is 5.86. The second kappa shape index (κ2) is 8.69. The molecule has 0 N–H and O–H groups in total. The van der Waals surface area contributed by atoms with E-state index < -0.39 is 0 Å². The molecule has 2 aliphatic heterocycles. The fourth-order valence-electron chi connectivity index (χ4n) is 3.80. The van der Waals surface area contributed by atoms with Crippen LogP contribution in [0.5, 0.6) is 0 Å². The molecule has 0 saturated carbocycles. The zero-order valence-corrected chi connectivity index (χ0v) is 16.4. The SMILES string of the molecule is CCc1cc(N2CCOCC2)cc(/N=C2\CCCN(c3cccc(F)c3)C2)n1. The number of piperidine rings is 1. The zero-order valence-electron chi connectivity index (χ0n) is 16.4. The molecule has 0 amide bonds. The molecule has 0 spiro atoms. The molecule has 2 saturated heterocycles. The molecule has 0 bridgehead atoms. The molecule has 2 aromatic rings. The van der Waals surface area contributed by atoms with Gasteiger partial charge < -0.3 is 14.5 Å². The van der Waals surface area contributed by atoms with Crippen molar-refractivity contribution in [2.45, 2.75) is 26.2 Å². The van der Waals surface area contributed by atoms with E-state index in [4.69, 9.17) is 14.7 Å². The maximum atomic E-state index is 13.6. The molecule has 0 atom stereocenters. The Bertz CT molecular complexity index is 848. The maximum Gasteiger partial charge on any atom is 0.154 e. The molecule has 2 fully saturated rings. The van der Waals surface area contributed by atoms with Crippen LogP contribution < -0.4 is 9.80 Å². The fraction of sp³-hybridized carbons (Fsp3) is 0.455. The van der Waals surface area contributed by atoms with Crippen molar-refractivity contribution in [3.05, 3.63) is 47.9 Å². The van der Waals surface area contributed by atoms with Gasteiger partial charge in [0.1, 0.15) is 5.82 Å². The van der Waals surface area contributed by atoms with E-state index in [0.717, 1.165) is 75.0 Å². The third-order valence-electron chi connectivity index (χ3n) is 5.30. The van der Waals surface area contributed by atoms with E-state index in [9.17, 15) is 4.39 Å². The number of halogens is 1. The summed E-state index contributed by atoms with van der Waals surface area (Å²) in [5.74, 6) is 0.575. The lowest BCUT2D eigenvalue weighted by Crippen LogP contribution is -2.36. The van der Waals surface area contributed by atoms with Crippen molar-refractivity contribution in [1.29, 1.82) is 0 Å². The van der Waals surface area contributed by atoms with Crippen LogP contribution in [0, 0.1) is 5.82 Å². The molecular weight excluding hydrogens is 355 g/mol. The molecule has 1 aromatic carbocycles. The molecule has 3 heterocycles. The second-order valence-electron chi connectivity index (χ2n) is 7.31. The summed E-state index contributed by atoms with van der Waals surface area (Å²) in [6.45, 7) is 7.08. The van der Waals surface area contributed by atoms with Crippen LogP contribution in [0.15, 0.2) is 41.4 Å². The van der Waals surface area contributed by atoms with E-state index >= 15 is 0 Å². The Morgan fingerprint density at radius 3 is 2.71 bits per heavy atom. The highest BCUT2D eigenvalue weighted by Crippen LogP contribution is 2.25. The zero-order chi connectivity index (χ0) is 19.3. The monoisotopic (exact) mass is 382 g/mol. The minimum absolute atomic E-state index is 0.200. The first-order valence-electron chi connectivity index (χ1n) is 10.1. The summed E-state index contributed by atoms with van der Waals surface area (Å²) in [4.78, 5) is 14.2. The lowest BCUT2D eigenvalue weighted by Gasteiger charge is -2.30. The summed E-state index contributed by atoms with van der Waals surface area (Å²) >= 11 is 0. The number of aryl methyl sites for hydroxylation is 1. The predicted molar refractivity (Wildman–Crippen MR) is 112 cm³/mol. The van der Waals surface area contributed by atoms with Crippen LogP contribution >= 0.6 is 0 Å². The lowest BCUT2D eigenvalue weighted by atomic mass is 10.1. The summed E-state index contributed by atoms with van der Waals surface area (Å²) in [5.41, 5.74) is 4.24. The Hall–Kier alpha value is -2.47. The number of aliphatic imine (C=N–C) groups is 1. The highest BCUT2D eigenvalue weighted by molar-refractivity contribution is 5.91. The first-order valence-corrected chi connectivity index (χ1v) is 10.1. The quantitative estimate of drug-likeness (QED) is 0.802. The van der Waals surface area contributed by atoms with Crippen molar-refractivity contribution in [2.24, 2.45) is 4.99 Å². The van der Waals surface area contributed by atoms with Gasteiger partial charge in [0.15, 0.2) is 5.82 Å². The van der Waals surface area contributed by atoms with Crippen LogP contribution in [-0.2, 0) is 11.2 Å². The number of nitrogens with zero attached hydrogens (tertiary/aromatic N) is 4. The van der Waals surface area contributed by atoms with Gasteiger partial charge in [-0.1, -0.05) is 13.0 Å². The highest BCUT2D eigenvalue weighted by atomic mass is 19.1. The molecule has 1 aromatic heterocycles. The highest BCUT2D eigenvalue weighted by Gasteiger charge is 2.18. The van der Waals surface area contributed by atoms with Gasteiger partial charge in [-0.3, -0.25) is 0 Å². The number of ether oxygens (including phenoxy) is 1. The summed E-state index contributed by atoms with van der Waals surface area (Å²) in [5, 5.41) is 0. The van der Waals surface area contributed by atoms with Gasteiger partial charge in [-0.15, -0.1) is 0 Å². The number of hydrogen-bond acceptors (Lipinski definition) is 5. The van der Waals surface area contributed by atoms with Gasteiger partial charge in [-0.2, -0.15) is 0 Å². The number of rotatable bonds is 4. The fourth-order valence-corrected chi connectivity index (χ4v) is 3.80. The van der Waals surface area contributed by atoms with Gasteiger partial charge in [0.2, 0.25) is 0 Å². The number of morpholine rings is 1. The van der Waals surface area contributed by atoms with Crippen molar-refractivity contribution < 1.29 is 9.13 Å². The molecule has 5 nitrogen and oxygen atoms in total. The van der Waals surface area contributed by atoms with E-state index in [2.05, 4.69) is 28.9 Å². The van der Waals surface area contributed by atoms with Crippen LogP contribution in [0.25, 0.3) is 0 Å². The molecule has 4 rings (SSSR count). The van der Waals surface area contributed by atoms with Crippen molar-refractivity contribution >= 4 is 22.9 Å². The molecular formula is C22H27FN4O. The molecule has 0 aliphatic carbocycles. The lowest BCUT2D eigenvalue weighted by molar-refractivity contribution is 0.122. The van der Waals surface area contributed by atoms with Crippen molar-refractivity contribution in [3.8, 4) is 0 Å². The van der Waals surface area contributed by atoms with Gasteiger partial charge in [0.05, 0.1) is 19.8 Å². The van der Waals surface area contributed by atoms with E-state index in [1.807, 2.05) is 6.07 Å². The van der Waals surface area contributed by atoms with Gasteiger partial charge in [0, 0.05) is 48.5 Å². The van der Waals surface area contributed by atoms with E-state index in [1.165, 1.54) is 11.8 Å². The first kappa shape index (κ1) is 18.9. The average Bonchev–Trinajstić information content (AvgIpc) is 2.74. The normalized spacial score (nSPS) is 19.3. The number of aromatic nitrogens is 1. The summed E-state index contributed by atoms with van der Waals surface area (Å²) in [6, 6.07) is 11.0. The molecule has 148 valence electrons. The van der Waals surface area contributed by atoms with Crippen LogP contribution in [-0.4, -0.2) is 50.1 Å². The van der Waals surface area contributed by atoms with Gasteiger partial charge in [-0.25, -0.2) is 14.4 Å². The minimum atomic E-state index is -0.200. The summed E-state index contributed by atoms with van der Waals surface area (Å²) in [7, 11) is 0. The van der Waals surface area contributed by atoms with E-state index in [-0.39, 0.29) is 5.82 Å². The molecule has 0 unspecified atom stereocenters. The van der Waals surface area contributed by atoms with Crippen molar-refractivity contribution in [2.75, 3.05) is 49.2 Å². The van der Waals surface area contributed by atoms with Crippen LogP contribution in [0.1, 0.15) is 25.5 Å². The Morgan fingerprint density at radius 1 is 1.07 bits per heavy atom. The predicted octanol–water partition coefficient (Wildman–Crippen LogP) is 3.99. The van der Waals surface area contributed by atoms with Crippen molar-refractivity contribution in [1.82, 2.24) is 4.98 Å². The van der Waals surface area contributed by atoms with E-state index in [1.54, 1.807) is 12.1 Å². The van der Waals surface area contributed by atoms with Gasteiger partial charge in [-0.05, 0) is 43.5 Å². The summed E-state index contributed by atoms with van der Waals surface area (Å²) < 4.78 is 19.1. The third kappa shape index (κ3) is 4.50. The number of benzene rings is 1. The molecule has 28 heavy (non-hydrogen) atoms. The Labute approximate surface area is 165 Å². The van der Waals surface area contributed by atoms with Crippen molar-refractivity contribution in [3.63, 3.8) is 0 Å². The largest absolute Gasteiger partial charge is 0.378 e.